The van der Waals surface area contributed by atoms with E-state index in [0.29, 0.717) is 18.3 Å². The zero-order valence-electron chi connectivity index (χ0n) is 14.2. The van der Waals surface area contributed by atoms with Gasteiger partial charge in [-0.1, -0.05) is 38.5 Å². The molecule has 2 heterocycles. The van der Waals surface area contributed by atoms with Crippen LogP contribution in [-0.4, -0.2) is 19.3 Å². The second-order valence-corrected chi connectivity index (χ2v) is 6.52. The van der Waals surface area contributed by atoms with Crippen LogP contribution in [0.5, 0.6) is 5.75 Å². The lowest BCUT2D eigenvalue weighted by molar-refractivity contribution is 0.304. The summed E-state index contributed by atoms with van der Waals surface area (Å²) in [6.45, 7) is 1.70. The molecule has 1 saturated heterocycles. The number of hydrogen-bond acceptors (Lipinski definition) is 4. The molecule has 0 N–H and O–H groups in total. The van der Waals surface area contributed by atoms with Crippen molar-refractivity contribution >= 4 is 11.0 Å². The van der Waals surface area contributed by atoms with Crippen LogP contribution in [0.4, 0.5) is 0 Å². The van der Waals surface area contributed by atoms with E-state index in [1.165, 1.54) is 51.0 Å². The summed E-state index contributed by atoms with van der Waals surface area (Å²) in [4.78, 5) is 11.2. The van der Waals surface area contributed by atoms with Crippen molar-refractivity contribution in [2.24, 2.45) is 0 Å². The molecule has 2 aromatic rings. The number of fused-ring (bicyclic) bond motifs is 1. The molecule has 0 amide bonds. The molecule has 1 aromatic heterocycles. The van der Waals surface area contributed by atoms with Gasteiger partial charge in [0.25, 0.3) is 0 Å². The third kappa shape index (κ3) is 5.68. The Balaban J connectivity index is 1.25. The lowest BCUT2D eigenvalue weighted by Crippen LogP contribution is -1.98. The van der Waals surface area contributed by atoms with Crippen molar-refractivity contribution in [3.63, 3.8) is 0 Å². The van der Waals surface area contributed by atoms with Crippen molar-refractivity contribution in [3.05, 3.63) is 40.8 Å². The van der Waals surface area contributed by atoms with Crippen LogP contribution in [0.15, 0.2) is 39.5 Å². The van der Waals surface area contributed by atoms with Crippen LogP contribution in [0.3, 0.4) is 0 Å². The van der Waals surface area contributed by atoms with Crippen molar-refractivity contribution in [3.8, 4) is 5.75 Å². The van der Waals surface area contributed by atoms with Crippen molar-refractivity contribution < 1.29 is 13.9 Å². The number of ether oxygens (including phenoxy) is 2. The van der Waals surface area contributed by atoms with E-state index in [4.69, 9.17) is 13.9 Å². The van der Waals surface area contributed by atoms with E-state index in [-0.39, 0.29) is 5.63 Å². The molecule has 1 aliphatic rings. The monoisotopic (exact) mass is 330 g/mol. The minimum Gasteiger partial charge on any atom is -0.493 e. The Hall–Kier alpha value is -1.81. The Morgan fingerprint density at radius 2 is 1.67 bits per heavy atom. The fourth-order valence-corrected chi connectivity index (χ4v) is 2.91. The molecule has 130 valence electrons. The van der Waals surface area contributed by atoms with Crippen molar-refractivity contribution in [1.29, 1.82) is 0 Å². The molecule has 1 aliphatic heterocycles. The maximum Gasteiger partial charge on any atom is 0.336 e. The van der Waals surface area contributed by atoms with Gasteiger partial charge in [-0.2, -0.15) is 0 Å². The number of epoxide rings is 1. The maximum absolute atomic E-state index is 11.2. The minimum atomic E-state index is -0.329. The van der Waals surface area contributed by atoms with Crippen molar-refractivity contribution in [1.82, 2.24) is 0 Å². The molecule has 0 radical (unpaired) electrons. The van der Waals surface area contributed by atoms with Crippen LogP contribution in [0.2, 0.25) is 0 Å². The normalized spacial score (nSPS) is 16.4. The summed E-state index contributed by atoms with van der Waals surface area (Å²) in [5.41, 5.74) is 0.251. The van der Waals surface area contributed by atoms with Crippen molar-refractivity contribution in [2.75, 3.05) is 13.2 Å². The third-order valence-electron chi connectivity index (χ3n) is 4.44. The Bertz CT molecular complexity index is 687. The third-order valence-corrected chi connectivity index (χ3v) is 4.44. The SMILES string of the molecule is O=c1ccc2ccc(OCCCCCCCCCC3CO3)cc2o1. The highest BCUT2D eigenvalue weighted by Crippen LogP contribution is 2.20. The molecule has 1 fully saturated rings. The summed E-state index contributed by atoms with van der Waals surface area (Å²) in [5.74, 6) is 0.763. The molecule has 0 bridgehead atoms. The second kappa shape index (κ2) is 8.88. The highest BCUT2D eigenvalue weighted by molar-refractivity contribution is 5.77. The molecule has 24 heavy (non-hydrogen) atoms. The molecular weight excluding hydrogens is 304 g/mol. The second-order valence-electron chi connectivity index (χ2n) is 6.52. The molecule has 1 unspecified atom stereocenters. The van der Waals surface area contributed by atoms with Gasteiger partial charge >= 0.3 is 5.63 Å². The molecule has 3 rings (SSSR count). The topological polar surface area (TPSA) is 52.0 Å². The highest BCUT2D eigenvalue weighted by atomic mass is 16.6. The zero-order chi connectivity index (χ0) is 16.6. The van der Waals surface area contributed by atoms with Gasteiger partial charge in [-0.05, 0) is 31.0 Å². The summed E-state index contributed by atoms with van der Waals surface area (Å²) in [7, 11) is 0. The number of rotatable bonds is 11. The van der Waals surface area contributed by atoms with Gasteiger partial charge in [-0.3, -0.25) is 0 Å². The van der Waals surface area contributed by atoms with Gasteiger partial charge in [0.2, 0.25) is 0 Å². The molecule has 4 heteroatoms. The zero-order valence-corrected chi connectivity index (χ0v) is 14.2. The van der Waals surface area contributed by atoms with Gasteiger partial charge in [-0.25, -0.2) is 4.79 Å². The Morgan fingerprint density at radius 3 is 2.46 bits per heavy atom. The predicted molar refractivity (Wildman–Crippen MR) is 94.7 cm³/mol. The minimum absolute atomic E-state index is 0.329. The van der Waals surface area contributed by atoms with Gasteiger partial charge in [0.15, 0.2) is 0 Å². The quantitative estimate of drug-likeness (QED) is 0.341. The first kappa shape index (κ1) is 17.0. The van der Waals surface area contributed by atoms with Crippen LogP contribution in [0, 0.1) is 0 Å². The van der Waals surface area contributed by atoms with E-state index in [2.05, 4.69) is 0 Å². The first-order valence-corrected chi connectivity index (χ1v) is 9.09. The van der Waals surface area contributed by atoms with Gasteiger partial charge in [-0.15, -0.1) is 0 Å². The lowest BCUT2D eigenvalue weighted by atomic mass is 10.1. The first-order valence-electron chi connectivity index (χ1n) is 9.09. The average Bonchev–Trinajstić information content (AvgIpc) is 3.40. The van der Waals surface area contributed by atoms with Gasteiger partial charge in [0, 0.05) is 17.5 Å². The fourth-order valence-electron chi connectivity index (χ4n) is 2.91. The average molecular weight is 330 g/mol. The molecular formula is C20H26O4. The number of unbranched alkanes of at least 4 members (excludes halogenated alkanes) is 6. The summed E-state index contributed by atoms with van der Waals surface area (Å²) >= 11 is 0. The molecule has 0 saturated carbocycles. The van der Waals surface area contributed by atoms with E-state index in [0.717, 1.165) is 24.2 Å². The van der Waals surface area contributed by atoms with E-state index >= 15 is 0 Å². The summed E-state index contributed by atoms with van der Waals surface area (Å²) in [5, 5.41) is 0.912. The predicted octanol–water partition coefficient (Wildman–Crippen LogP) is 4.69. The molecule has 0 aliphatic carbocycles. The number of hydrogen-bond donors (Lipinski definition) is 0. The lowest BCUT2D eigenvalue weighted by Gasteiger charge is -2.07. The first-order chi connectivity index (χ1) is 11.8. The van der Waals surface area contributed by atoms with Gasteiger partial charge in [0.1, 0.15) is 11.3 Å². The van der Waals surface area contributed by atoms with Crippen molar-refractivity contribution in [2.45, 2.75) is 57.5 Å². The molecule has 1 atom stereocenters. The highest BCUT2D eigenvalue weighted by Gasteiger charge is 2.20. The van der Waals surface area contributed by atoms with Crippen LogP contribution < -0.4 is 10.4 Å². The Labute approximate surface area is 142 Å². The number of benzene rings is 1. The Kier molecular flexibility index (Phi) is 6.30. The van der Waals surface area contributed by atoms with Crippen LogP contribution in [0.1, 0.15) is 51.4 Å². The van der Waals surface area contributed by atoms with Crippen LogP contribution in [-0.2, 0) is 4.74 Å². The maximum atomic E-state index is 11.2. The van der Waals surface area contributed by atoms with Gasteiger partial charge < -0.3 is 13.9 Å². The van der Waals surface area contributed by atoms with Crippen LogP contribution >= 0.6 is 0 Å². The molecule has 1 aromatic carbocycles. The van der Waals surface area contributed by atoms with Crippen LogP contribution in [0.25, 0.3) is 11.0 Å². The van der Waals surface area contributed by atoms with E-state index in [1.807, 2.05) is 12.1 Å². The summed E-state index contributed by atoms with van der Waals surface area (Å²) in [6, 6.07) is 8.83. The molecule has 4 nitrogen and oxygen atoms in total. The van der Waals surface area contributed by atoms with E-state index in [1.54, 1.807) is 12.1 Å². The largest absolute Gasteiger partial charge is 0.493 e. The Morgan fingerprint density at radius 1 is 0.958 bits per heavy atom. The van der Waals surface area contributed by atoms with E-state index < -0.39 is 0 Å². The smallest absolute Gasteiger partial charge is 0.336 e. The standard InChI is InChI=1S/C20H26O4/c21-20-12-10-16-9-11-17(14-19(16)24-20)22-13-7-5-3-1-2-4-6-8-18-15-23-18/h9-12,14,18H,1-8,13,15H2. The summed E-state index contributed by atoms with van der Waals surface area (Å²) in [6.07, 6.45) is 10.7. The molecule has 0 spiro atoms. The van der Waals surface area contributed by atoms with E-state index in [9.17, 15) is 4.79 Å². The fraction of sp³-hybridized carbons (Fsp3) is 0.550. The van der Waals surface area contributed by atoms with Gasteiger partial charge in [0.05, 0.1) is 19.3 Å². The summed E-state index contributed by atoms with van der Waals surface area (Å²) < 4.78 is 16.1.